The third-order valence-electron chi connectivity index (χ3n) is 3.68. The summed E-state index contributed by atoms with van der Waals surface area (Å²) in [6, 6.07) is 0. The van der Waals surface area contributed by atoms with Gasteiger partial charge in [0.25, 0.3) is 0 Å². The highest BCUT2D eigenvalue weighted by Gasteiger charge is 2.30. The Labute approximate surface area is 92.5 Å². The van der Waals surface area contributed by atoms with Crippen LogP contribution in [0.3, 0.4) is 0 Å². The van der Waals surface area contributed by atoms with Crippen LogP contribution in [0.2, 0.25) is 0 Å². The second kappa shape index (κ2) is 5.61. The number of carbonyl (C=O) groups excluding carboxylic acids is 1. The molecule has 0 aromatic heterocycles. The maximum atomic E-state index is 11.2. The predicted molar refractivity (Wildman–Crippen MR) is 60.8 cm³/mol. The number of hydrogen-bond donors (Lipinski definition) is 1. The molecule has 0 bridgehead atoms. The molecule has 1 heterocycles. The first-order chi connectivity index (χ1) is 7.15. The molecule has 1 aliphatic heterocycles. The van der Waals surface area contributed by atoms with Crippen molar-refractivity contribution < 1.29 is 9.90 Å². The van der Waals surface area contributed by atoms with Crippen molar-refractivity contribution in [2.24, 2.45) is 5.41 Å². The van der Waals surface area contributed by atoms with E-state index in [0.717, 1.165) is 51.6 Å². The third kappa shape index (κ3) is 3.28. The molecule has 3 nitrogen and oxygen atoms in total. The summed E-state index contributed by atoms with van der Waals surface area (Å²) in [5.74, 6) is 0. The Morgan fingerprint density at radius 1 is 1.47 bits per heavy atom. The van der Waals surface area contributed by atoms with E-state index in [4.69, 9.17) is 0 Å². The zero-order valence-corrected chi connectivity index (χ0v) is 9.91. The Bertz CT molecular complexity index is 202. The molecule has 0 spiro atoms. The van der Waals surface area contributed by atoms with Crippen LogP contribution in [0.4, 0.5) is 0 Å². The lowest BCUT2D eigenvalue weighted by molar-refractivity contribution is -0.118. The van der Waals surface area contributed by atoms with Gasteiger partial charge in [-0.05, 0) is 32.2 Å². The average molecular weight is 213 g/mol. The van der Waals surface area contributed by atoms with Gasteiger partial charge >= 0.3 is 0 Å². The van der Waals surface area contributed by atoms with Crippen LogP contribution in [0.5, 0.6) is 0 Å². The Morgan fingerprint density at radius 2 is 2.13 bits per heavy atom. The van der Waals surface area contributed by atoms with E-state index in [2.05, 4.69) is 18.7 Å². The predicted octanol–water partition coefficient (Wildman–Crippen LogP) is 1.45. The summed E-state index contributed by atoms with van der Waals surface area (Å²) in [7, 11) is 0. The summed E-state index contributed by atoms with van der Waals surface area (Å²) in [5, 5.41) is 9.56. The molecule has 1 N–H and O–H groups in total. The molecule has 1 aliphatic rings. The van der Waals surface area contributed by atoms with Crippen molar-refractivity contribution >= 4 is 6.29 Å². The van der Waals surface area contributed by atoms with Crippen molar-refractivity contribution in [3.05, 3.63) is 0 Å². The fourth-order valence-corrected chi connectivity index (χ4v) is 2.30. The van der Waals surface area contributed by atoms with E-state index in [9.17, 15) is 9.90 Å². The largest absolute Gasteiger partial charge is 0.392 e. The van der Waals surface area contributed by atoms with Crippen LogP contribution >= 0.6 is 0 Å². The van der Waals surface area contributed by atoms with Gasteiger partial charge in [-0.1, -0.05) is 13.8 Å². The number of piperidine rings is 1. The number of β-amino-alcohol motifs (C(OH)–C–C–N with tert-alkyl or cyclic N) is 1. The van der Waals surface area contributed by atoms with Crippen molar-refractivity contribution in [1.29, 1.82) is 0 Å². The van der Waals surface area contributed by atoms with Crippen molar-refractivity contribution in [2.75, 3.05) is 19.6 Å². The molecule has 0 aliphatic carbocycles. The number of rotatable bonds is 5. The van der Waals surface area contributed by atoms with Gasteiger partial charge in [-0.2, -0.15) is 0 Å². The molecular weight excluding hydrogens is 190 g/mol. The van der Waals surface area contributed by atoms with E-state index in [0.29, 0.717) is 0 Å². The van der Waals surface area contributed by atoms with E-state index < -0.39 is 0 Å². The number of aliphatic hydroxyl groups is 1. The molecule has 1 rings (SSSR count). The number of aldehydes is 1. The lowest BCUT2D eigenvalue weighted by Gasteiger charge is -2.36. The van der Waals surface area contributed by atoms with Crippen molar-refractivity contribution in [3.63, 3.8) is 0 Å². The molecule has 1 fully saturated rings. The summed E-state index contributed by atoms with van der Waals surface area (Å²) in [6.45, 7) is 6.69. The molecule has 1 unspecified atom stereocenters. The number of hydrogen-bond acceptors (Lipinski definition) is 3. The second-order valence-electron chi connectivity index (χ2n) is 4.72. The van der Waals surface area contributed by atoms with Gasteiger partial charge in [-0.3, -0.25) is 4.90 Å². The van der Waals surface area contributed by atoms with Crippen LogP contribution in [0.15, 0.2) is 0 Å². The molecule has 1 atom stereocenters. The molecule has 3 heteroatoms. The lowest BCUT2D eigenvalue weighted by atomic mass is 9.83. The van der Waals surface area contributed by atoms with Crippen molar-refractivity contribution in [3.8, 4) is 0 Å². The third-order valence-corrected chi connectivity index (χ3v) is 3.68. The molecule has 88 valence electrons. The van der Waals surface area contributed by atoms with E-state index in [1.165, 1.54) is 0 Å². The van der Waals surface area contributed by atoms with Gasteiger partial charge < -0.3 is 9.90 Å². The minimum atomic E-state index is -0.197. The Balaban J connectivity index is 2.53. The quantitative estimate of drug-likeness (QED) is 0.703. The van der Waals surface area contributed by atoms with Crippen LogP contribution in [0, 0.1) is 5.41 Å². The van der Waals surface area contributed by atoms with E-state index in [1.54, 1.807) is 0 Å². The van der Waals surface area contributed by atoms with Gasteiger partial charge in [0.15, 0.2) is 0 Å². The summed E-state index contributed by atoms with van der Waals surface area (Å²) < 4.78 is 0. The van der Waals surface area contributed by atoms with Crippen LogP contribution in [-0.4, -0.2) is 42.0 Å². The first-order valence-corrected chi connectivity index (χ1v) is 6.02. The minimum absolute atomic E-state index is 0.197. The first kappa shape index (κ1) is 12.7. The summed E-state index contributed by atoms with van der Waals surface area (Å²) in [6.07, 6.45) is 4.64. The average Bonchev–Trinajstić information content (AvgIpc) is 2.26. The highest BCUT2D eigenvalue weighted by Crippen LogP contribution is 2.26. The molecule has 15 heavy (non-hydrogen) atoms. The number of carbonyl (C=O) groups is 1. The zero-order chi connectivity index (χ0) is 11.3. The number of nitrogens with zero attached hydrogens (tertiary/aromatic N) is 1. The Kier molecular flexibility index (Phi) is 4.74. The maximum absolute atomic E-state index is 11.2. The monoisotopic (exact) mass is 213 g/mol. The smallest absolute Gasteiger partial charge is 0.127 e. The molecule has 0 saturated carbocycles. The summed E-state index contributed by atoms with van der Waals surface area (Å²) in [5.41, 5.74) is -0.197. The Hall–Kier alpha value is -0.410. The van der Waals surface area contributed by atoms with Gasteiger partial charge in [0.2, 0.25) is 0 Å². The second-order valence-corrected chi connectivity index (χ2v) is 4.72. The highest BCUT2D eigenvalue weighted by atomic mass is 16.3. The van der Waals surface area contributed by atoms with Crippen LogP contribution in [0.1, 0.15) is 39.5 Å². The SMILES string of the molecule is CCC(C=O)(CC)CN1CCCC(O)C1. The summed E-state index contributed by atoms with van der Waals surface area (Å²) in [4.78, 5) is 13.4. The zero-order valence-electron chi connectivity index (χ0n) is 9.91. The fraction of sp³-hybridized carbons (Fsp3) is 0.917. The maximum Gasteiger partial charge on any atom is 0.127 e. The molecule has 1 saturated heterocycles. The number of aliphatic hydroxyl groups excluding tert-OH is 1. The van der Waals surface area contributed by atoms with Crippen LogP contribution < -0.4 is 0 Å². The molecule has 0 radical (unpaired) electrons. The van der Waals surface area contributed by atoms with Gasteiger partial charge in [0, 0.05) is 18.5 Å². The van der Waals surface area contributed by atoms with Crippen molar-refractivity contribution in [1.82, 2.24) is 4.90 Å². The molecular formula is C12H23NO2. The van der Waals surface area contributed by atoms with Gasteiger partial charge in [-0.15, -0.1) is 0 Å². The Morgan fingerprint density at radius 3 is 2.60 bits per heavy atom. The van der Waals surface area contributed by atoms with E-state index >= 15 is 0 Å². The molecule has 0 aromatic carbocycles. The normalized spacial score (nSPS) is 24.1. The fourth-order valence-electron chi connectivity index (χ4n) is 2.30. The first-order valence-electron chi connectivity index (χ1n) is 6.02. The number of likely N-dealkylation sites (tertiary alicyclic amines) is 1. The standard InChI is InChI=1S/C12H23NO2/c1-3-12(4-2,10-14)9-13-7-5-6-11(15)8-13/h10-11,15H,3-9H2,1-2H3. The lowest BCUT2D eigenvalue weighted by Crippen LogP contribution is -2.45. The van der Waals surface area contributed by atoms with Crippen LogP contribution in [0.25, 0.3) is 0 Å². The van der Waals surface area contributed by atoms with E-state index in [-0.39, 0.29) is 11.5 Å². The van der Waals surface area contributed by atoms with E-state index in [1.807, 2.05) is 0 Å². The highest BCUT2D eigenvalue weighted by molar-refractivity contribution is 5.59. The van der Waals surface area contributed by atoms with Gasteiger partial charge in [0.05, 0.1) is 6.10 Å². The summed E-state index contributed by atoms with van der Waals surface area (Å²) >= 11 is 0. The van der Waals surface area contributed by atoms with Crippen LogP contribution in [-0.2, 0) is 4.79 Å². The molecule has 0 aromatic rings. The van der Waals surface area contributed by atoms with Gasteiger partial charge in [-0.25, -0.2) is 0 Å². The minimum Gasteiger partial charge on any atom is -0.392 e. The molecule has 0 amide bonds. The topological polar surface area (TPSA) is 40.5 Å². The van der Waals surface area contributed by atoms with Gasteiger partial charge in [0.1, 0.15) is 6.29 Å². The van der Waals surface area contributed by atoms with Crippen molar-refractivity contribution in [2.45, 2.75) is 45.6 Å².